The molecule has 0 saturated heterocycles. The molecule has 2 aliphatic rings. The quantitative estimate of drug-likeness (QED) is 0.380. The summed E-state index contributed by atoms with van der Waals surface area (Å²) in [6.07, 6.45) is 9.61. The predicted octanol–water partition coefficient (Wildman–Crippen LogP) is 2.54. The predicted molar refractivity (Wildman–Crippen MR) is 42.6 cm³/mol. The molecular weight excluding hydrogens is 120 g/mol. The standard InChI is InChI=1S/C10H12/c1-2-3-10-8-4-5-9(10)7-6-8/h3-5,8-10H,1,6-7H2/t8-,9+,10?. The monoisotopic (exact) mass is 132 g/mol. The highest BCUT2D eigenvalue weighted by Gasteiger charge is 2.35. The minimum atomic E-state index is 0.748. The molecule has 0 heteroatoms. The van der Waals surface area contributed by atoms with Crippen molar-refractivity contribution in [2.75, 3.05) is 0 Å². The Morgan fingerprint density at radius 2 is 1.90 bits per heavy atom. The first-order chi connectivity index (χ1) is 4.92. The number of hydrogen-bond acceptors (Lipinski definition) is 0. The highest BCUT2D eigenvalue weighted by molar-refractivity contribution is 5.16. The van der Waals surface area contributed by atoms with Crippen LogP contribution in [-0.4, -0.2) is 0 Å². The van der Waals surface area contributed by atoms with Crippen LogP contribution in [0.4, 0.5) is 0 Å². The Bertz CT molecular complexity index is 192. The van der Waals surface area contributed by atoms with E-state index in [2.05, 4.69) is 30.5 Å². The van der Waals surface area contributed by atoms with Crippen molar-refractivity contribution in [2.45, 2.75) is 12.8 Å². The molecule has 52 valence electrons. The van der Waals surface area contributed by atoms with Gasteiger partial charge in [0.25, 0.3) is 0 Å². The van der Waals surface area contributed by atoms with Crippen molar-refractivity contribution in [3.8, 4) is 0 Å². The summed E-state index contributed by atoms with van der Waals surface area (Å²) < 4.78 is 0. The summed E-state index contributed by atoms with van der Waals surface area (Å²) >= 11 is 0. The van der Waals surface area contributed by atoms with Crippen molar-refractivity contribution in [1.29, 1.82) is 0 Å². The molecule has 2 rings (SSSR count). The summed E-state index contributed by atoms with van der Waals surface area (Å²) in [5, 5.41) is 0. The maximum atomic E-state index is 3.61. The van der Waals surface area contributed by atoms with E-state index in [1.165, 1.54) is 12.8 Å². The van der Waals surface area contributed by atoms with Crippen molar-refractivity contribution in [2.24, 2.45) is 17.8 Å². The number of hydrogen-bond donors (Lipinski definition) is 0. The van der Waals surface area contributed by atoms with Crippen LogP contribution in [0.5, 0.6) is 0 Å². The summed E-state index contributed by atoms with van der Waals surface area (Å²) in [5.41, 5.74) is 2.90. The lowest BCUT2D eigenvalue weighted by Gasteiger charge is -2.06. The van der Waals surface area contributed by atoms with Crippen LogP contribution < -0.4 is 0 Å². The van der Waals surface area contributed by atoms with Gasteiger partial charge in [-0.05, 0) is 36.7 Å². The highest BCUT2D eigenvalue weighted by atomic mass is 14.4. The smallest absolute Gasteiger partial charge is 0.00318 e. The third-order valence-corrected chi connectivity index (χ3v) is 2.74. The van der Waals surface area contributed by atoms with Crippen LogP contribution in [0.3, 0.4) is 0 Å². The van der Waals surface area contributed by atoms with Crippen LogP contribution in [0.15, 0.2) is 30.5 Å². The molecule has 2 aliphatic carbocycles. The molecule has 0 spiro atoms. The van der Waals surface area contributed by atoms with Gasteiger partial charge in [-0.25, -0.2) is 0 Å². The van der Waals surface area contributed by atoms with Gasteiger partial charge in [0.15, 0.2) is 0 Å². The molecule has 0 heterocycles. The van der Waals surface area contributed by atoms with E-state index < -0.39 is 0 Å². The van der Waals surface area contributed by atoms with Crippen molar-refractivity contribution in [3.63, 3.8) is 0 Å². The molecule has 10 heavy (non-hydrogen) atoms. The first-order valence-electron chi connectivity index (χ1n) is 3.96. The topological polar surface area (TPSA) is 0 Å². The number of fused-ring (bicyclic) bond motifs is 2. The third-order valence-electron chi connectivity index (χ3n) is 2.74. The third kappa shape index (κ3) is 0.693. The number of allylic oxidation sites excluding steroid dienone is 3. The second kappa shape index (κ2) is 2.14. The molecular formula is C10H12. The Kier molecular flexibility index (Phi) is 1.28. The van der Waals surface area contributed by atoms with Crippen molar-refractivity contribution < 1.29 is 0 Å². The molecule has 1 fully saturated rings. The van der Waals surface area contributed by atoms with E-state index in [-0.39, 0.29) is 0 Å². The van der Waals surface area contributed by atoms with E-state index in [0.29, 0.717) is 0 Å². The molecule has 0 aliphatic heterocycles. The van der Waals surface area contributed by atoms with Crippen LogP contribution in [0.1, 0.15) is 12.8 Å². The van der Waals surface area contributed by atoms with Gasteiger partial charge in [0.1, 0.15) is 0 Å². The molecule has 0 aromatic carbocycles. The van der Waals surface area contributed by atoms with E-state index in [1.807, 2.05) is 0 Å². The first kappa shape index (κ1) is 6.00. The van der Waals surface area contributed by atoms with E-state index in [0.717, 1.165) is 17.8 Å². The van der Waals surface area contributed by atoms with Gasteiger partial charge in [-0.1, -0.05) is 18.7 Å². The van der Waals surface area contributed by atoms with Gasteiger partial charge in [0.05, 0.1) is 0 Å². The minimum absolute atomic E-state index is 0.748. The van der Waals surface area contributed by atoms with E-state index >= 15 is 0 Å². The summed E-state index contributed by atoms with van der Waals surface area (Å²) in [5.74, 6) is 2.39. The van der Waals surface area contributed by atoms with Gasteiger partial charge in [-0.3, -0.25) is 0 Å². The molecule has 0 amide bonds. The Balaban J connectivity index is 2.21. The normalized spacial score (nSPS) is 41.8. The molecule has 2 bridgehead atoms. The Morgan fingerprint density at radius 3 is 2.30 bits per heavy atom. The molecule has 1 unspecified atom stereocenters. The average molecular weight is 132 g/mol. The molecule has 0 radical (unpaired) electrons. The fourth-order valence-electron chi connectivity index (χ4n) is 2.21. The molecule has 0 nitrogen and oxygen atoms in total. The van der Waals surface area contributed by atoms with E-state index in [4.69, 9.17) is 0 Å². The Morgan fingerprint density at radius 1 is 1.30 bits per heavy atom. The summed E-state index contributed by atoms with van der Waals surface area (Å²) in [6, 6.07) is 0. The second-order valence-corrected chi connectivity index (χ2v) is 3.24. The zero-order valence-electron chi connectivity index (χ0n) is 6.09. The minimum Gasteiger partial charge on any atom is -0.133 e. The molecule has 0 N–H and O–H groups in total. The fourth-order valence-corrected chi connectivity index (χ4v) is 2.21. The van der Waals surface area contributed by atoms with Crippen LogP contribution >= 0.6 is 0 Å². The highest BCUT2D eigenvalue weighted by Crippen LogP contribution is 2.44. The lowest BCUT2D eigenvalue weighted by Crippen LogP contribution is -2.01. The van der Waals surface area contributed by atoms with Crippen LogP contribution in [0.25, 0.3) is 0 Å². The SMILES string of the molecule is C=C=CC1[C@@H]2C=C[C@H]1CC2. The van der Waals surface area contributed by atoms with Gasteiger partial charge < -0.3 is 0 Å². The van der Waals surface area contributed by atoms with Crippen molar-refractivity contribution in [1.82, 2.24) is 0 Å². The Hall–Kier alpha value is -0.740. The molecule has 0 aromatic heterocycles. The van der Waals surface area contributed by atoms with Gasteiger partial charge >= 0.3 is 0 Å². The van der Waals surface area contributed by atoms with Gasteiger partial charge in [0.2, 0.25) is 0 Å². The lowest BCUT2D eigenvalue weighted by molar-refractivity contribution is 0.532. The van der Waals surface area contributed by atoms with Gasteiger partial charge in [-0.15, -0.1) is 5.73 Å². The van der Waals surface area contributed by atoms with Gasteiger partial charge in [0, 0.05) is 0 Å². The summed E-state index contributed by atoms with van der Waals surface area (Å²) in [4.78, 5) is 0. The molecule has 3 atom stereocenters. The van der Waals surface area contributed by atoms with E-state index in [1.54, 1.807) is 0 Å². The maximum absolute atomic E-state index is 3.61. The summed E-state index contributed by atoms with van der Waals surface area (Å²) in [7, 11) is 0. The molecule has 1 saturated carbocycles. The summed E-state index contributed by atoms with van der Waals surface area (Å²) in [6.45, 7) is 3.61. The zero-order chi connectivity index (χ0) is 6.97. The van der Waals surface area contributed by atoms with E-state index in [9.17, 15) is 0 Å². The average Bonchev–Trinajstić information content (AvgIpc) is 2.50. The van der Waals surface area contributed by atoms with Crippen molar-refractivity contribution >= 4 is 0 Å². The zero-order valence-corrected chi connectivity index (χ0v) is 6.09. The second-order valence-electron chi connectivity index (χ2n) is 3.24. The number of rotatable bonds is 1. The van der Waals surface area contributed by atoms with Gasteiger partial charge in [-0.2, -0.15) is 0 Å². The largest absolute Gasteiger partial charge is 0.133 e. The molecule has 0 aromatic rings. The fraction of sp³-hybridized carbons (Fsp3) is 0.500. The van der Waals surface area contributed by atoms with Crippen molar-refractivity contribution in [3.05, 3.63) is 30.5 Å². The van der Waals surface area contributed by atoms with Crippen LogP contribution in [-0.2, 0) is 0 Å². The lowest BCUT2D eigenvalue weighted by atomic mass is 9.97. The van der Waals surface area contributed by atoms with Crippen LogP contribution in [0, 0.1) is 17.8 Å². The Labute approximate surface area is 61.9 Å². The maximum Gasteiger partial charge on any atom is -0.00318 e. The first-order valence-corrected chi connectivity index (χ1v) is 3.96. The van der Waals surface area contributed by atoms with Crippen LogP contribution in [0.2, 0.25) is 0 Å².